The lowest BCUT2D eigenvalue weighted by Gasteiger charge is -2.05. The standard InChI is InChI=1S/C20H21ClN2O3S/c1-3-4-13-22-19-20(27(24,25)17-11-9-16(21)10-12-17)23-18(26-19)15-7-5-14(2)6-8-15/h5-12,22H,3-4,13H2,1-2H3. The molecule has 0 unspecified atom stereocenters. The zero-order valence-corrected chi connectivity index (χ0v) is 16.8. The smallest absolute Gasteiger partial charge is 0.233 e. The highest BCUT2D eigenvalue weighted by molar-refractivity contribution is 7.91. The van der Waals surface area contributed by atoms with Crippen LogP contribution in [0.4, 0.5) is 5.88 Å². The van der Waals surface area contributed by atoms with Crippen LogP contribution in [0.15, 0.2) is 62.9 Å². The van der Waals surface area contributed by atoms with Gasteiger partial charge < -0.3 is 9.73 Å². The Bertz CT molecular complexity index is 1010. The van der Waals surface area contributed by atoms with Gasteiger partial charge in [0.25, 0.3) is 0 Å². The zero-order chi connectivity index (χ0) is 19.4. The largest absolute Gasteiger partial charge is 0.419 e. The molecule has 0 bridgehead atoms. The van der Waals surface area contributed by atoms with Crippen LogP contribution >= 0.6 is 11.6 Å². The highest BCUT2D eigenvalue weighted by Gasteiger charge is 2.28. The third-order valence-corrected chi connectivity index (χ3v) is 6.02. The van der Waals surface area contributed by atoms with E-state index in [1.54, 1.807) is 12.1 Å². The lowest BCUT2D eigenvalue weighted by Crippen LogP contribution is -2.08. The van der Waals surface area contributed by atoms with E-state index in [4.69, 9.17) is 16.0 Å². The Hall–Kier alpha value is -2.31. The van der Waals surface area contributed by atoms with Crippen LogP contribution in [0.2, 0.25) is 5.02 Å². The van der Waals surface area contributed by atoms with Gasteiger partial charge in [0, 0.05) is 17.1 Å². The molecule has 0 fully saturated rings. The van der Waals surface area contributed by atoms with E-state index in [1.807, 2.05) is 31.2 Å². The first-order valence-corrected chi connectivity index (χ1v) is 10.6. The second-order valence-corrected chi connectivity index (χ2v) is 8.56. The summed E-state index contributed by atoms with van der Waals surface area (Å²) in [5.41, 5.74) is 1.82. The fourth-order valence-electron chi connectivity index (χ4n) is 2.52. The second-order valence-electron chi connectivity index (χ2n) is 6.26. The Morgan fingerprint density at radius 2 is 1.74 bits per heavy atom. The summed E-state index contributed by atoms with van der Waals surface area (Å²) in [6, 6.07) is 13.6. The molecule has 3 aromatic rings. The van der Waals surface area contributed by atoms with Crippen molar-refractivity contribution in [2.75, 3.05) is 11.9 Å². The van der Waals surface area contributed by atoms with Crippen molar-refractivity contribution in [2.24, 2.45) is 0 Å². The monoisotopic (exact) mass is 404 g/mol. The molecule has 0 saturated carbocycles. The molecule has 5 nitrogen and oxygen atoms in total. The molecule has 0 atom stereocenters. The van der Waals surface area contributed by atoms with Gasteiger partial charge in [0.05, 0.1) is 4.90 Å². The van der Waals surface area contributed by atoms with Crippen molar-refractivity contribution >= 4 is 27.3 Å². The predicted molar refractivity (Wildman–Crippen MR) is 107 cm³/mol. The number of nitrogens with zero attached hydrogens (tertiary/aromatic N) is 1. The molecule has 27 heavy (non-hydrogen) atoms. The highest BCUT2D eigenvalue weighted by atomic mass is 35.5. The normalized spacial score (nSPS) is 11.5. The van der Waals surface area contributed by atoms with Crippen molar-refractivity contribution in [2.45, 2.75) is 36.6 Å². The summed E-state index contributed by atoms with van der Waals surface area (Å²) < 4.78 is 32.0. The summed E-state index contributed by atoms with van der Waals surface area (Å²) in [5, 5.41) is 3.42. The second kappa shape index (κ2) is 8.15. The van der Waals surface area contributed by atoms with E-state index in [0.717, 1.165) is 24.0 Å². The lowest BCUT2D eigenvalue weighted by molar-refractivity contribution is 0.575. The molecule has 2 aromatic carbocycles. The Morgan fingerprint density at radius 1 is 1.07 bits per heavy atom. The van der Waals surface area contributed by atoms with Crippen LogP contribution < -0.4 is 5.32 Å². The maximum atomic E-state index is 13.1. The molecule has 0 radical (unpaired) electrons. The number of halogens is 1. The van der Waals surface area contributed by atoms with E-state index in [9.17, 15) is 8.42 Å². The fraction of sp³-hybridized carbons (Fsp3) is 0.250. The molecule has 1 heterocycles. The minimum Gasteiger partial charge on any atom is -0.419 e. The molecular weight excluding hydrogens is 384 g/mol. The third-order valence-electron chi connectivity index (χ3n) is 4.09. The molecule has 0 aliphatic heterocycles. The van der Waals surface area contributed by atoms with Crippen molar-refractivity contribution in [1.29, 1.82) is 0 Å². The first-order chi connectivity index (χ1) is 12.9. The molecule has 0 amide bonds. The molecule has 0 aliphatic rings. The molecule has 0 spiro atoms. The van der Waals surface area contributed by atoms with Gasteiger partial charge in [0.1, 0.15) is 0 Å². The summed E-state index contributed by atoms with van der Waals surface area (Å²) in [5.74, 6) is 0.426. The van der Waals surface area contributed by atoms with Gasteiger partial charge in [-0.15, -0.1) is 0 Å². The highest BCUT2D eigenvalue weighted by Crippen LogP contribution is 2.32. The topological polar surface area (TPSA) is 72.2 Å². The molecule has 1 N–H and O–H groups in total. The summed E-state index contributed by atoms with van der Waals surface area (Å²) in [4.78, 5) is 4.43. The van der Waals surface area contributed by atoms with E-state index < -0.39 is 9.84 Å². The van der Waals surface area contributed by atoms with Crippen LogP contribution in [0.5, 0.6) is 0 Å². The molecular formula is C20H21ClN2O3S. The van der Waals surface area contributed by atoms with Crippen LogP contribution in [0.25, 0.3) is 11.5 Å². The van der Waals surface area contributed by atoms with Crippen molar-refractivity contribution in [3.05, 3.63) is 59.1 Å². The first-order valence-electron chi connectivity index (χ1n) is 8.74. The number of nitrogens with one attached hydrogen (secondary N) is 1. The molecule has 3 rings (SSSR count). The van der Waals surface area contributed by atoms with Gasteiger partial charge in [-0.05, 0) is 49.7 Å². The summed E-state index contributed by atoms with van der Waals surface area (Å²) in [6.07, 6.45) is 1.87. The van der Waals surface area contributed by atoms with Crippen molar-refractivity contribution in [3.63, 3.8) is 0 Å². The van der Waals surface area contributed by atoms with E-state index in [2.05, 4.69) is 17.2 Å². The number of aryl methyl sites for hydroxylation is 1. The van der Waals surface area contributed by atoms with E-state index in [1.165, 1.54) is 12.1 Å². The lowest BCUT2D eigenvalue weighted by atomic mass is 10.1. The quantitative estimate of drug-likeness (QED) is 0.537. The van der Waals surface area contributed by atoms with E-state index >= 15 is 0 Å². The Labute approximate surface area is 164 Å². The van der Waals surface area contributed by atoms with Crippen LogP contribution in [-0.2, 0) is 9.84 Å². The zero-order valence-electron chi connectivity index (χ0n) is 15.2. The number of anilines is 1. The van der Waals surface area contributed by atoms with Gasteiger partial charge in [0.15, 0.2) is 0 Å². The Balaban J connectivity index is 2.06. The number of oxazole rings is 1. The first kappa shape index (κ1) is 19.5. The average molecular weight is 405 g/mol. The van der Waals surface area contributed by atoms with E-state index in [-0.39, 0.29) is 21.7 Å². The van der Waals surface area contributed by atoms with E-state index in [0.29, 0.717) is 11.6 Å². The number of aromatic nitrogens is 1. The molecule has 0 saturated heterocycles. The van der Waals surface area contributed by atoms with Gasteiger partial charge in [-0.25, -0.2) is 8.42 Å². The number of rotatable bonds is 7. The van der Waals surface area contributed by atoms with Gasteiger partial charge in [-0.2, -0.15) is 4.98 Å². The van der Waals surface area contributed by atoms with Gasteiger partial charge in [-0.1, -0.05) is 42.6 Å². The van der Waals surface area contributed by atoms with Crippen molar-refractivity contribution in [3.8, 4) is 11.5 Å². The van der Waals surface area contributed by atoms with Crippen LogP contribution in [0.3, 0.4) is 0 Å². The Morgan fingerprint density at radius 3 is 2.37 bits per heavy atom. The predicted octanol–water partition coefficient (Wildman–Crippen LogP) is 5.35. The van der Waals surface area contributed by atoms with Crippen molar-refractivity contribution in [1.82, 2.24) is 4.98 Å². The minimum atomic E-state index is -3.84. The number of benzene rings is 2. The summed E-state index contributed by atoms with van der Waals surface area (Å²) in [6.45, 7) is 4.64. The van der Waals surface area contributed by atoms with Gasteiger partial charge in [0.2, 0.25) is 26.6 Å². The molecule has 1 aromatic heterocycles. The molecule has 142 valence electrons. The number of unbranched alkanes of at least 4 members (excludes halogenated alkanes) is 1. The molecule has 7 heteroatoms. The maximum Gasteiger partial charge on any atom is 0.233 e. The van der Waals surface area contributed by atoms with Crippen LogP contribution in [-0.4, -0.2) is 19.9 Å². The number of hydrogen-bond acceptors (Lipinski definition) is 5. The number of hydrogen-bond donors (Lipinski definition) is 1. The minimum absolute atomic E-state index is 0.114. The van der Waals surface area contributed by atoms with Gasteiger partial charge >= 0.3 is 0 Å². The summed E-state index contributed by atoms with van der Waals surface area (Å²) in [7, 11) is -3.84. The third kappa shape index (κ3) is 4.34. The van der Waals surface area contributed by atoms with Crippen LogP contribution in [0, 0.1) is 6.92 Å². The fourth-order valence-corrected chi connectivity index (χ4v) is 3.93. The maximum absolute atomic E-state index is 13.1. The molecule has 0 aliphatic carbocycles. The Kier molecular flexibility index (Phi) is 5.87. The van der Waals surface area contributed by atoms with Crippen LogP contribution in [0.1, 0.15) is 25.3 Å². The van der Waals surface area contributed by atoms with Crippen molar-refractivity contribution < 1.29 is 12.8 Å². The number of sulfone groups is 1. The summed E-state index contributed by atoms with van der Waals surface area (Å²) >= 11 is 5.88. The SMILES string of the molecule is CCCCNc1oc(-c2ccc(C)cc2)nc1S(=O)(=O)c1ccc(Cl)cc1. The van der Waals surface area contributed by atoms with Gasteiger partial charge in [-0.3, -0.25) is 0 Å². The average Bonchev–Trinajstić information content (AvgIpc) is 3.08.